The van der Waals surface area contributed by atoms with Gasteiger partial charge in [0.25, 0.3) is 5.91 Å². The highest BCUT2D eigenvalue weighted by Crippen LogP contribution is 2.36. The molecule has 0 aliphatic heterocycles. The van der Waals surface area contributed by atoms with Crippen LogP contribution in [0.1, 0.15) is 26.4 Å². The number of aryl methyl sites for hydroxylation is 2. The van der Waals surface area contributed by atoms with Gasteiger partial charge in [-0.1, -0.05) is 6.07 Å². The first-order valence-corrected chi connectivity index (χ1v) is 8.17. The van der Waals surface area contributed by atoms with Crippen molar-refractivity contribution in [1.29, 1.82) is 0 Å². The fraction of sp³-hybridized carbons (Fsp3) is 0.118. The van der Waals surface area contributed by atoms with E-state index < -0.39 is 17.7 Å². The zero-order valence-corrected chi connectivity index (χ0v) is 14.2. The minimum absolute atomic E-state index is 0.0160. The molecular formula is C17H14FN3O3S. The van der Waals surface area contributed by atoms with Gasteiger partial charge in [0.2, 0.25) is 0 Å². The number of carboxylic acids is 1. The molecule has 128 valence electrons. The van der Waals surface area contributed by atoms with Crippen LogP contribution in [-0.2, 0) is 7.05 Å². The van der Waals surface area contributed by atoms with Gasteiger partial charge in [0.15, 0.2) is 0 Å². The van der Waals surface area contributed by atoms with Gasteiger partial charge in [0, 0.05) is 23.6 Å². The number of hydrogen-bond donors (Lipinski definition) is 2. The van der Waals surface area contributed by atoms with Gasteiger partial charge in [-0.2, -0.15) is 5.10 Å². The molecule has 0 unspecified atom stereocenters. The highest BCUT2D eigenvalue weighted by molar-refractivity contribution is 7.15. The third-order valence-electron chi connectivity index (χ3n) is 3.60. The molecule has 0 saturated heterocycles. The van der Waals surface area contributed by atoms with Crippen LogP contribution >= 0.6 is 11.3 Å². The Kier molecular flexibility index (Phi) is 4.37. The summed E-state index contributed by atoms with van der Waals surface area (Å²) in [6, 6.07) is 6.97. The maximum atomic E-state index is 13.3. The number of thiophene rings is 1. The van der Waals surface area contributed by atoms with E-state index in [1.807, 2.05) is 6.92 Å². The molecule has 2 aromatic heterocycles. The minimum atomic E-state index is -1.16. The Labute approximate surface area is 146 Å². The van der Waals surface area contributed by atoms with Crippen molar-refractivity contribution >= 4 is 28.2 Å². The van der Waals surface area contributed by atoms with Crippen molar-refractivity contribution in [2.75, 3.05) is 5.32 Å². The topological polar surface area (TPSA) is 84.2 Å². The lowest BCUT2D eigenvalue weighted by atomic mass is 10.1. The largest absolute Gasteiger partial charge is 0.478 e. The summed E-state index contributed by atoms with van der Waals surface area (Å²) in [6.07, 6.45) is 0. The number of rotatable bonds is 4. The van der Waals surface area contributed by atoms with Gasteiger partial charge in [-0.25, -0.2) is 9.18 Å². The van der Waals surface area contributed by atoms with Gasteiger partial charge in [-0.3, -0.25) is 9.48 Å². The molecule has 1 aromatic carbocycles. The number of carbonyl (C=O) groups is 2. The number of aromatic carboxylic acids is 1. The van der Waals surface area contributed by atoms with Crippen LogP contribution in [-0.4, -0.2) is 26.8 Å². The zero-order chi connectivity index (χ0) is 18.1. The van der Waals surface area contributed by atoms with Crippen molar-refractivity contribution in [2.24, 2.45) is 7.05 Å². The van der Waals surface area contributed by atoms with Crippen molar-refractivity contribution < 1.29 is 19.1 Å². The molecule has 3 aromatic rings. The zero-order valence-electron chi connectivity index (χ0n) is 13.4. The fourth-order valence-corrected chi connectivity index (χ4v) is 3.46. The van der Waals surface area contributed by atoms with E-state index in [9.17, 15) is 19.1 Å². The maximum Gasteiger partial charge on any atom is 0.339 e. The molecule has 8 heteroatoms. The molecule has 0 aliphatic rings. The molecular weight excluding hydrogens is 345 g/mol. The Morgan fingerprint density at radius 3 is 2.68 bits per heavy atom. The molecule has 0 fully saturated rings. The highest BCUT2D eigenvalue weighted by atomic mass is 32.1. The predicted molar refractivity (Wildman–Crippen MR) is 92.6 cm³/mol. The second-order valence-electron chi connectivity index (χ2n) is 5.42. The molecule has 2 N–H and O–H groups in total. The van der Waals surface area contributed by atoms with E-state index in [0.717, 1.165) is 23.1 Å². The average Bonchev–Trinajstić information content (AvgIpc) is 3.10. The van der Waals surface area contributed by atoms with E-state index in [1.54, 1.807) is 23.2 Å². The first kappa shape index (κ1) is 16.8. The molecule has 0 saturated carbocycles. The number of carboxylic acid groups (broad SMARTS) is 1. The summed E-state index contributed by atoms with van der Waals surface area (Å²) in [7, 11) is 1.72. The van der Waals surface area contributed by atoms with Crippen LogP contribution in [0.4, 0.5) is 9.39 Å². The van der Waals surface area contributed by atoms with Crippen LogP contribution in [0.3, 0.4) is 0 Å². The van der Waals surface area contributed by atoms with E-state index in [0.29, 0.717) is 11.3 Å². The summed E-state index contributed by atoms with van der Waals surface area (Å²) in [5.74, 6) is -2.27. The molecule has 0 spiro atoms. The van der Waals surface area contributed by atoms with Crippen LogP contribution in [0.2, 0.25) is 0 Å². The lowest BCUT2D eigenvalue weighted by Gasteiger charge is -2.06. The van der Waals surface area contributed by atoms with Crippen molar-refractivity contribution in [2.45, 2.75) is 6.92 Å². The highest BCUT2D eigenvalue weighted by Gasteiger charge is 2.23. The summed E-state index contributed by atoms with van der Waals surface area (Å²) in [6.45, 7) is 1.81. The van der Waals surface area contributed by atoms with Crippen molar-refractivity contribution in [3.05, 3.63) is 58.3 Å². The van der Waals surface area contributed by atoms with E-state index in [2.05, 4.69) is 10.4 Å². The molecule has 1 amide bonds. The van der Waals surface area contributed by atoms with Crippen LogP contribution in [0.25, 0.3) is 11.3 Å². The molecule has 0 aliphatic carbocycles. The number of anilines is 1. The standard InChI is InChI=1S/C17H14FN3O3S/c1-9-6-13(21(2)20-9)12-8-25-16(14(12)17(23)24)19-15(22)10-4-3-5-11(18)7-10/h3-8H,1-2H3,(H,19,22)(H,23,24). The van der Waals surface area contributed by atoms with Crippen molar-refractivity contribution in [3.8, 4) is 11.3 Å². The van der Waals surface area contributed by atoms with Gasteiger partial charge in [0.05, 0.1) is 11.4 Å². The summed E-state index contributed by atoms with van der Waals surface area (Å²) in [4.78, 5) is 24.0. The number of nitrogens with zero attached hydrogens (tertiary/aromatic N) is 2. The maximum absolute atomic E-state index is 13.3. The summed E-state index contributed by atoms with van der Waals surface area (Å²) < 4.78 is 14.9. The smallest absolute Gasteiger partial charge is 0.339 e. The Balaban J connectivity index is 1.99. The van der Waals surface area contributed by atoms with Gasteiger partial charge in [-0.05, 0) is 31.2 Å². The fourth-order valence-electron chi connectivity index (χ4n) is 2.52. The van der Waals surface area contributed by atoms with Gasteiger partial charge in [0.1, 0.15) is 16.4 Å². The number of halogens is 1. The van der Waals surface area contributed by atoms with E-state index in [4.69, 9.17) is 0 Å². The van der Waals surface area contributed by atoms with Crippen LogP contribution < -0.4 is 5.32 Å². The van der Waals surface area contributed by atoms with Crippen LogP contribution in [0.15, 0.2) is 35.7 Å². The summed E-state index contributed by atoms with van der Waals surface area (Å²) in [5.41, 5.74) is 1.96. The van der Waals surface area contributed by atoms with Crippen molar-refractivity contribution in [3.63, 3.8) is 0 Å². The number of benzene rings is 1. The average molecular weight is 359 g/mol. The first-order valence-electron chi connectivity index (χ1n) is 7.29. The normalized spacial score (nSPS) is 10.7. The lowest BCUT2D eigenvalue weighted by Crippen LogP contribution is -2.13. The first-order chi connectivity index (χ1) is 11.9. The minimum Gasteiger partial charge on any atom is -0.478 e. The lowest BCUT2D eigenvalue weighted by molar-refractivity contribution is 0.0699. The Morgan fingerprint density at radius 2 is 2.08 bits per heavy atom. The third kappa shape index (κ3) is 3.29. The monoisotopic (exact) mass is 359 g/mol. The second-order valence-corrected chi connectivity index (χ2v) is 6.30. The molecule has 0 atom stereocenters. The molecule has 0 radical (unpaired) electrons. The molecule has 2 heterocycles. The summed E-state index contributed by atoms with van der Waals surface area (Å²) >= 11 is 1.10. The van der Waals surface area contributed by atoms with Gasteiger partial charge in [-0.15, -0.1) is 11.3 Å². The Morgan fingerprint density at radius 1 is 1.32 bits per heavy atom. The molecule has 0 bridgehead atoms. The SMILES string of the molecule is Cc1cc(-c2csc(NC(=O)c3cccc(F)c3)c2C(=O)O)n(C)n1. The number of hydrogen-bond acceptors (Lipinski definition) is 4. The van der Waals surface area contributed by atoms with E-state index >= 15 is 0 Å². The van der Waals surface area contributed by atoms with Gasteiger partial charge >= 0.3 is 5.97 Å². The van der Waals surface area contributed by atoms with E-state index in [-0.39, 0.29) is 16.1 Å². The number of carbonyl (C=O) groups excluding carboxylic acids is 1. The van der Waals surface area contributed by atoms with Crippen molar-refractivity contribution in [1.82, 2.24) is 9.78 Å². The number of aromatic nitrogens is 2. The Bertz CT molecular complexity index is 977. The van der Waals surface area contributed by atoms with E-state index in [1.165, 1.54) is 18.2 Å². The van der Waals surface area contributed by atoms with Gasteiger partial charge < -0.3 is 10.4 Å². The molecule has 3 rings (SSSR count). The Hall–Kier alpha value is -3.00. The molecule has 6 nitrogen and oxygen atoms in total. The molecule has 25 heavy (non-hydrogen) atoms. The number of amides is 1. The summed E-state index contributed by atoms with van der Waals surface area (Å²) in [5, 5.41) is 18.2. The number of nitrogens with one attached hydrogen (secondary N) is 1. The quantitative estimate of drug-likeness (QED) is 0.746. The second kappa shape index (κ2) is 6.48. The van der Waals surface area contributed by atoms with Crippen LogP contribution in [0, 0.1) is 12.7 Å². The van der Waals surface area contributed by atoms with Crippen LogP contribution in [0.5, 0.6) is 0 Å². The predicted octanol–water partition coefficient (Wildman–Crippen LogP) is 3.55. The third-order valence-corrected chi connectivity index (χ3v) is 4.49.